The third kappa shape index (κ3) is 4.43. The average Bonchev–Trinajstić information content (AvgIpc) is 3.85. The molecule has 0 saturated carbocycles. The van der Waals surface area contributed by atoms with Crippen LogP contribution < -0.4 is 10.6 Å². The van der Waals surface area contributed by atoms with Crippen molar-refractivity contribution in [1.29, 1.82) is 5.26 Å². The minimum absolute atomic E-state index is 0.173. The molecule has 8 rings (SSSR count). The fourth-order valence-corrected chi connectivity index (χ4v) is 10.4. The van der Waals surface area contributed by atoms with E-state index in [4.69, 9.17) is 30.5 Å². The summed E-state index contributed by atoms with van der Waals surface area (Å²) in [5.74, 6) is 2.46. The van der Waals surface area contributed by atoms with Crippen molar-refractivity contribution in [3.05, 3.63) is 33.5 Å². The monoisotopic (exact) mass is 639 g/mol. The number of piperidine rings is 1. The van der Waals surface area contributed by atoms with Gasteiger partial charge in [0.15, 0.2) is 22.9 Å². The number of anilines is 2. The predicted octanol–water partition coefficient (Wildman–Crippen LogP) is 6.63. The normalized spacial score (nSPS) is 27.2. The zero-order valence-corrected chi connectivity index (χ0v) is 28.4. The van der Waals surface area contributed by atoms with E-state index in [1.165, 1.54) is 17.7 Å². The van der Waals surface area contributed by atoms with E-state index in [-0.39, 0.29) is 16.9 Å². The molecule has 2 aliphatic carbocycles. The van der Waals surface area contributed by atoms with Gasteiger partial charge in [-0.2, -0.15) is 10.4 Å². The van der Waals surface area contributed by atoms with Gasteiger partial charge in [0, 0.05) is 29.6 Å². The first-order valence-corrected chi connectivity index (χ1v) is 18.1. The fraction of sp³-hybridized carbons (Fsp3) is 0.629. The van der Waals surface area contributed by atoms with Crippen LogP contribution in [0, 0.1) is 16.7 Å². The smallest absolute Gasteiger partial charge is 0.186 e. The molecule has 0 radical (unpaired) electrons. The van der Waals surface area contributed by atoms with E-state index in [1.54, 1.807) is 11.3 Å². The molecule has 46 heavy (non-hydrogen) atoms. The molecular weight excluding hydrogens is 595 g/mol. The van der Waals surface area contributed by atoms with Gasteiger partial charge in [0.25, 0.3) is 0 Å². The Morgan fingerprint density at radius 1 is 1.15 bits per heavy atom. The minimum atomic E-state index is -0.377. The molecule has 4 unspecified atom stereocenters. The Balaban J connectivity index is 1.29. The third-order valence-corrected chi connectivity index (χ3v) is 13.0. The van der Waals surface area contributed by atoms with Gasteiger partial charge < -0.3 is 20.1 Å². The highest BCUT2D eigenvalue weighted by Crippen LogP contribution is 2.55. The number of thiophene rings is 1. The number of fused-ring (bicyclic) bond motifs is 5. The molecule has 6 heterocycles. The van der Waals surface area contributed by atoms with Gasteiger partial charge in [-0.3, -0.25) is 0 Å². The zero-order valence-electron chi connectivity index (χ0n) is 27.6. The Hall–Kier alpha value is -3.49. The number of likely N-dealkylation sites (N-methyl/N-ethyl adjacent to an activating group) is 1. The van der Waals surface area contributed by atoms with Gasteiger partial charge in [-0.15, -0.1) is 11.3 Å². The van der Waals surface area contributed by atoms with Crippen LogP contribution in [0.4, 0.5) is 10.8 Å². The maximum absolute atomic E-state index is 10.2. The summed E-state index contributed by atoms with van der Waals surface area (Å²) in [5, 5.41) is 21.5. The maximum atomic E-state index is 10.2. The number of nitrogens with two attached hydrogens (primary N) is 1. The number of nitriles is 1. The molecule has 2 fully saturated rings. The van der Waals surface area contributed by atoms with Crippen LogP contribution in [0.25, 0.3) is 22.6 Å². The van der Waals surface area contributed by atoms with Crippen LogP contribution in [0.3, 0.4) is 0 Å². The molecule has 4 aromatic heterocycles. The largest absolute Gasteiger partial charge is 0.389 e. The molecule has 0 bridgehead atoms. The summed E-state index contributed by atoms with van der Waals surface area (Å²) in [6, 6.07) is 3.03. The van der Waals surface area contributed by atoms with Crippen molar-refractivity contribution < 1.29 is 4.52 Å². The number of hydrogen-bond acceptors (Lipinski definition) is 10. The molecule has 11 heteroatoms. The topological polar surface area (TPSA) is 126 Å². The summed E-state index contributed by atoms with van der Waals surface area (Å²) in [7, 11) is 2.22. The average molecular weight is 640 g/mol. The number of nitrogen functional groups attached to an aromatic ring is 1. The summed E-state index contributed by atoms with van der Waals surface area (Å²) in [5.41, 5.74) is 10.7. The van der Waals surface area contributed by atoms with E-state index in [0.29, 0.717) is 22.4 Å². The van der Waals surface area contributed by atoms with Crippen molar-refractivity contribution in [2.45, 2.75) is 109 Å². The number of aryl methyl sites for hydroxylation is 1. The van der Waals surface area contributed by atoms with Crippen molar-refractivity contribution in [2.75, 3.05) is 37.3 Å². The maximum Gasteiger partial charge on any atom is 0.186 e. The van der Waals surface area contributed by atoms with Crippen LogP contribution in [-0.2, 0) is 18.3 Å². The SMILES string of the molecule is CCC1(C)CCCN(c2nc(-c3noc4c3CCCC43CCCc4sc(N)c(C#N)c43)nc3c2cnn3C(C)C2CCCN2C)C1. The number of aromatic nitrogens is 5. The second kappa shape index (κ2) is 11.1. The molecule has 4 aromatic rings. The number of likely N-dealkylation sites (tertiary alicyclic amines) is 1. The summed E-state index contributed by atoms with van der Waals surface area (Å²) in [6.45, 7) is 10.0. The molecule has 4 aliphatic rings. The number of hydrogen-bond donors (Lipinski definition) is 1. The van der Waals surface area contributed by atoms with Gasteiger partial charge in [-0.1, -0.05) is 19.0 Å². The van der Waals surface area contributed by atoms with Crippen LogP contribution in [-0.4, -0.2) is 62.5 Å². The van der Waals surface area contributed by atoms with Gasteiger partial charge >= 0.3 is 0 Å². The van der Waals surface area contributed by atoms with E-state index in [9.17, 15) is 5.26 Å². The van der Waals surface area contributed by atoms with Crippen molar-refractivity contribution in [3.8, 4) is 17.6 Å². The highest BCUT2D eigenvalue weighted by molar-refractivity contribution is 7.16. The van der Waals surface area contributed by atoms with Crippen LogP contribution in [0.5, 0.6) is 0 Å². The lowest BCUT2D eigenvalue weighted by Gasteiger charge is -2.41. The molecule has 2 aliphatic heterocycles. The van der Waals surface area contributed by atoms with Gasteiger partial charge in [-0.05, 0) is 102 Å². The highest BCUT2D eigenvalue weighted by atomic mass is 32.1. The van der Waals surface area contributed by atoms with E-state index >= 15 is 0 Å². The van der Waals surface area contributed by atoms with Crippen LogP contribution in [0.1, 0.15) is 112 Å². The molecule has 2 saturated heterocycles. The molecule has 4 atom stereocenters. The second-order valence-electron chi connectivity index (χ2n) is 14.7. The molecule has 10 nitrogen and oxygen atoms in total. The lowest BCUT2D eigenvalue weighted by Crippen LogP contribution is -2.42. The predicted molar refractivity (Wildman–Crippen MR) is 181 cm³/mol. The van der Waals surface area contributed by atoms with E-state index in [0.717, 1.165) is 117 Å². The molecular formula is C35H45N9OS. The molecule has 1 spiro atoms. The van der Waals surface area contributed by atoms with Crippen molar-refractivity contribution >= 4 is 33.2 Å². The Morgan fingerprint density at radius 3 is 2.74 bits per heavy atom. The van der Waals surface area contributed by atoms with Crippen molar-refractivity contribution in [1.82, 2.24) is 29.8 Å². The summed E-state index contributed by atoms with van der Waals surface area (Å²) < 4.78 is 8.52. The lowest BCUT2D eigenvalue weighted by atomic mass is 9.63. The van der Waals surface area contributed by atoms with Gasteiger partial charge in [0.1, 0.15) is 16.9 Å². The van der Waals surface area contributed by atoms with Gasteiger partial charge in [0.05, 0.1) is 28.6 Å². The van der Waals surface area contributed by atoms with E-state index in [1.807, 2.05) is 6.20 Å². The number of rotatable bonds is 5. The van der Waals surface area contributed by atoms with Crippen LogP contribution >= 0.6 is 11.3 Å². The Morgan fingerprint density at radius 2 is 1.98 bits per heavy atom. The number of nitrogens with zero attached hydrogens (tertiary/aromatic N) is 8. The van der Waals surface area contributed by atoms with Crippen LogP contribution in [0.15, 0.2) is 10.7 Å². The standard InChI is InChI=1S/C35H45N9OS/c1-5-34(3)13-9-17-43(20-34)32-24-19-38-44(21(2)25-11-8-16-42(25)4)33(24)40-31(39-32)28-22-10-6-14-35(29(22)45-41-28)15-7-12-26-27(35)23(18-36)30(37)46-26/h19,21,25H,5-17,20,37H2,1-4H3. The molecule has 0 amide bonds. The lowest BCUT2D eigenvalue weighted by molar-refractivity contribution is 0.232. The van der Waals surface area contributed by atoms with Gasteiger partial charge in [-0.25, -0.2) is 14.6 Å². The summed E-state index contributed by atoms with van der Waals surface area (Å²) in [4.78, 5) is 16.8. The Bertz CT molecular complexity index is 1850. The third-order valence-electron chi connectivity index (χ3n) is 12.0. The molecule has 242 valence electrons. The van der Waals surface area contributed by atoms with Gasteiger partial charge in [0.2, 0.25) is 0 Å². The quantitative estimate of drug-likeness (QED) is 0.256. The van der Waals surface area contributed by atoms with Crippen molar-refractivity contribution in [2.24, 2.45) is 5.41 Å². The molecule has 0 aromatic carbocycles. The first-order chi connectivity index (χ1) is 22.3. The van der Waals surface area contributed by atoms with E-state index in [2.05, 4.69) is 48.4 Å². The summed E-state index contributed by atoms with van der Waals surface area (Å²) >= 11 is 1.57. The molecule has 2 N–H and O–H groups in total. The summed E-state index contributed by atoms with van der Waals surface area (Å²) in [6.07, 6.45) is 13.5. The van der Waals surface area contributed by atoms with E-state index < -0.39 is 0 Å². The fourth-order valence-electron chi connectivity index (χ4n) is 9.27. The Kier molecular flexibility index (Phi) is 7.18. The highest BCUT2D eigenvalue weighted by Gasteiger charge is 2.49. The van der Waals surface area contributed by atoms with Crippen molar-refractivity contribution in [3.63, 3.8) is 0 Å². The second-order valence-corrected chi connectivity index (χ2v) is 15.8. The minimum Gasteiger partial charge on any atom is -0.389 e. The Labute approximate surface area is 275 Å². The first kappa shape index (κ1) is 29.9. The van der Waals surface area contributed by atoms with Crippen LogP contribution in [0.2, 0.25) is 0 Å². The first-order valence-electron chi connectivity index (χ1n) is 17.3. The zero-order chi connectivity index (χ0) is 31.8.